The highest BCUT2D eigenvalue weighted by molar-refractivity contribution is 5.32. The predicted octanol–water partition coefficient (Wildman–Crippen LogP) is 3.46. The van der Waals surface area contributed by atoms with Gasteiger partial charge in [0.25, 0.3) is 0 Å². The van der Waals surface area contributed by atoms with Crippen LogP contribution in [0.5, 0.6) is 0 Å². The van der Waals surface area contributed by atoms with E-state index >= 15 is 0 Å². The third-order valence-corrected chi connectivity index (χ3v) is 3.09. The molecule has 0 spiro atoms. The van der Waals surface area contributed by atoms with Crippen molar-refractivity contribution < 1.29 is 5.11 Å². The Bertz CT molecular complexity index is 497. The minimum Gasteiger partial charge on any atom is -0.384 e. The Labute approximate surface area is 108 Å². The summed E-state index contributed by atoms with van der Waals surface area (Å²) in [5.41, 5.74) is 3.12. The summed E-state index contributed by atoms with van der Waals surface area (Å²) in [7, 11) is 0. The molecule has 0 unspecified atom stereocenters. The summed E-state index contributed by atoms with van der Waals surface area (Å²) in [5, 5.41) is 10.2. The molecule has 0 radical (unpaired) electrons. The lowest BCUT2D eigenvalue weighted by Gasteiger charge is -2.20. The Balaban J connectivity index is 2.25. The maximum Gasteiger partial charge on any atom is 0.106 e. The van der Waals surface area contributed by atoms with E-state index in [4.69, 9.17) is 0 Å². The van der Waals surface area contributed by atoms with E-state index < -0.39 is 6.10 Å². The van der Waals surface area contributed by atoms with Gasteiger partial charge < -0.3 is 5.11 Å². The summed E-state index contributed by atoms with van der Waals surface area (Å²) in [4.78, 5) is 4.03. The van der Waals surface area contributed by atoms with E-state index in [1.54, 1.807) is 12.4 Å². The molecule has 1 aromatic heterocycles. The van der Waals surface area contributed by atoms with Crippen LogP contribution in [0.4, 0.5) is 0 Å². The van der Waals surface area contributed by atoms with Crippen LogP contribution in [0.2, 0.25) is 0 Å². The van der Waals surface area contributed by atoms with Crippen LogP contribution in [0.1, 0.15) is 43.6 Å². The van der Waals surface area contributed by atoms with E-state index in [9.17, 15) is 5.11 Å². The number of aliphatic hydroxyl groups excluding tert-OH is 1. The van der Waals surface area contributed by atoms with Crippen LogP contribution in [0.15, 0.2) is 48.8 Å². The van der Waals surface area contributed by atoms with Crippen molar-refractivity contribution in [1.82, 2.24) is 4.98 Å². The molecule has 94 valence electrons. The molecule has 0 amide bonds. The van der Waals surface area contributed by atoms with Crippen molar-refractivity contribution in [3.8, 4) is 0 Å². The van der Waals surface area contributed by atoms with Gasteiger partial charge in [-0.3, -0.25) is 4.98 Å². The van der Waals surface area contributed by atoms with Crippen molar-refractivity contribution >= 4 is 0 Å². The van der Waals surface area contributed by atoms with Crippen LogP contribution in [0.25, 0.3) is 0 Å². The lowest BCUT2D eigenvalue weighted by molar-refractivity contribution is 0.220. The molecule has 1 heterocycles. The van der Waals surface area contributed by atoms with Crippen molar-refractivity contribution in [3.63, 3.8) is 0 Å². The number of hydrogen-bond donors (Lipinski definition) is 1. The van der Waals surface area contributed by atoms with Gasteiger partial charge >= 0.3 is 0 Å². The highest BCUT2D eigenvalue weighted by Gasteiger charge is 2.15. The Morgan fingerprint density at radius 1 is 1.00 bits per heavy atom. The second kappa shape index (κ2) is 4.91. The average Bonchev–Trinajstić information content (AvgIpc) is 2.38. The largest absolute Gasteiger partial charge is 0.384 e. The number of pyridine rings is 1. The molecular weight excluding hydrogens is 222 g/mol. The Hall–Kier alpha value is -1.67. The van der Waals surface area contributed by atoms with Crippen LogP contribution in [0, 0.1) is 0 Å². The summed E-state index contributed by atoms with van der Waals surface area (Å²) in [6.45, 7) is 6.54. The molecule has 1 N–H and O–H groups in total. The van der Waals surface area contributed by atoms with E-state index in [2.05, 4.69) is 37.9 Å². The van der Waals surface area contributed by atoms with Crippen molar-refractivity contribution in [3.05, 3.63) is 65.5 Å². The number of hydrogen-bond acceptors (Lipinski definition) is 2. The monoisotopic (exact) mass is 241 g/mol. The lowest BCUT2D eigenvalue weighted by atomic mass is 9.86. The number of benzene rings is 1. The molecule has 0 aliphatic rings. The van der Waals surface area contributed by atoms with Gasteiger partial charge in [0.1, 0.15) is 6.10 Å². The van der Waals surface area contributed by atoms with Gasteiger partial charge in [0, 0.05) is 18.0 Å². The highest BCUT2D eigenvalue weighted by Crippen LogP contribution is 2.26. The maximum atomic E-state index is 10.2. The molecule has 0 aliphatic heterocycles. The molecule has 2 aromatic rings. The van der Waals surface area contributed by atoms with Crippen LogP contribution >= 0.6 is 0 Å². The molecule has 0 saturated heterocycles. The average molecular weight is 241 g/mol. The first-order valence-electron chi connectivity index (χ1n) is 6.17. The van der Waals surface area contributed by atoms with Gasteiger partial charge in [-0.15, -0.1) is 0 Å². The van der Waals surface area contributed by atoms with Gasteiger partial charge in [-0.1, -0.05) is 51.1 Å². The van der Waals surface area contributed by atoms with Crippen LogP contribution in [-0.4, -0.2) is 10.1 Å². The van der Waals surface area contributed by atoms with Gasteiger partial charge in [0.2, 0.25) is 0 Å². The van der Waals surface area contributed by atoms with Crippen molar-refractivity contribution in [1.29, 1.82) is 0 Å². The number of nitrogens with zero attached hydrogens (tertiary/aromatic N) is 1. The fourth-order valence-electron chi connectivity index (χ4n) is 1.90. The summed E-state index contributed by atoms with van der Waals surface area (Å²) < 4.78 is 0. The Morgan fingerprint density at radius 2 is 1.67 bits per heavy atom. The Morgan fingerprint density at radius 3 is 2.17 bits per heavy atom. The van der Waals surface area contributed by atoms with Gasteiger partial charge in [-0.05, 0) is 22.6 Å². The molecule has 0 aliphatic carbocycles. The van der Waals surface area contributed by atoms with Crippen LogP contribution in [0.3, 0.4) is 0 Å². The number of aromatic nitrogens is 1. The summed E-state index contributed by atoms with van der Waals surface area (Å²) in [6, 6.07) is 11.8. The predicted molar refractivity (Wildman–Crippen MR) is 73.4 cm³/mol. The number of rotatable bonds is 2. The van der Waals surface area contributed by atoms with Gasteiger partial charge in [0.05, 0.1) is 0 Å². The van der Waals surface area contributed by atoms with E-state index in [0.717, 1.165) is 11.1 Å². The quantitative estimate of drug-likeness (QED) is 0.873. The standard InChI is InChI=1S/C16H19NO/c1-16(2,3)14-8-6-12(7-9-14)15(18)13-5-4-10-17-11-13/h4-11,15,18H,1-3H3/t15-/m0/s1. The fourth-order valence-corrected chi connectivity index (χ4v) is 1.90. The molecule has 1 atom stereocenters. The molecule has 0 bridgehead atoms. The first-order valence-corrected chi connectivity index (χ1v) is 6.17. The molecule has 2 nitrogen and oxygen atoms in total. The molecule has 0 fully saturated rings. The lowest BCUT2D eigenvalue weighted by Crippen LogP contribution is -2.11. The molecule has 2 heteroatoms. The van der Waals surface area contributed by atoms with Gasteiger partial charge in [-0.25, -0.2) is 0 Å². The van der Waals surface area contributed by atoms with E-state index in [-0.39, 0.29) is 5.41 Å². The second-order valence-electron chi connectivity index (χ2n) is 5.56. The topological polar surface area (TPSA) is 33.1 Å². The van der Waals surface area contributed by atoms with Gasteiger partial charge in [0.15, 0.2) is 0 Å². The molecule has 2 rings (SSSR count). The zero-order valence-electron chi connectivity index (χ0n) is 11.1. The van der Waals surface area contributed by atoms with Crippen molar-refractivity contribution in [2.75, 3.05) is 0 Å². The Kier molecular flexibility index (Phi) is 3.48. The molecular formula is C16H19NO. The van der Waals surface area contributed by atoms with E-state index in [1.165, 1.54) is 5.56 Å². The number of aliphatic hydroxyl groups is 1. The molecule has 18 heavy (non-hydrogen) atoms. The smallest absolute Gasteiger partial charge is 0.106 e. The molecule has 0 saturated carbocycles. The summed E-state index contributed by atoms with van der Waals surface area (Å²) >= 11 is 0. The van der Waals surface area contributed by atoms with Crippen LogP contribution < -0.4 is 0 Å². The minimum atomic E-state index is -0.604. The SMILES string of the molecule is CC(C)(C)c1ccc([C@H](O)c2cccnc2)cc1. The first kappa shape index (κ1) is 12.8. The van der Waals surface area contributed by atoms with E-state index in [1.807, 2.05) is 24.3 Å². The summed E-state index contributed by atoms with van der Waals surface area (Å²) in [5.74, 6) is 0. The van der Waals surface area contributed by atoms with Crippen molar-refractivity contribution in [2.45, 2.75) is 32.3 Å². The van der Waals surface area contributed by atoms with E-state index in [0.29, 0.717) is 0 Å². The molecule has 1 aromatic carbocycles. The second-order valence-corrected chi connectivity index (χ2v) is 5.56. The minimum absolute atomic E-state index is 0.137. The fraction of sp³-hybridized carbons (Fsp3) is 0.312. The third-order valence-electron chi connectivity index (χ3n) is 3.09. The normalized spacial score (nSPS) is 13.3. The van der Waals surface area contributed by atoms with Gasteiger partial charge in [-0.2, -0.15) is 0 Å². The summed E-state index contributed by atoms with van der Waals surface area (Å²) in [6.07, 6.45) is 2.80. The van der Waals surface area contributed by atoms with Crippen LogP contribution in [-0.2, 0) is 5.41 Å². The highest BCUT2D eigenvalue weighted by atomic mass is 16.3. The zero-order valence-corrected chi connectivity index (χ0v) is 11.1. The third kappa shape index (κ3) is 2.77. The maximum absolute atomic E-state index is 10.2. The zero-order chi connectivity index (χ0) is 13.2. The van der Waals surface area contributed by atoms with Crippen molar-refractivity contribution in [2.24, 2.45) is 0 Å². The first-order chi connectivity index (χ1) is 8.48.